The lowest BCUT2D eigenvalue weighted by Gasteiger charge is -2.13. The predicted octanol–water partition coefficient (Wildman–Crippen LogP) is 1.50. The summed E-state index contributed by atoms with van der Waals surface area (Å²) in [5, 5.41) is 11.6. The summed E-state index contributed by atoms with van der Waals surface area (Å²) >= 11 is 0. The zero-order valence-electron chi connectivity index (χ0n) is 10.3. The van der Waals surface area contributed by atoms with Crippen molar-refractivity contribution in [2.45, 2.75) is 19.8 Å². The molecular weight excluding hydrogens is 232 g/mol. The summed E-state index contributed by atoms with van der Waals surface area (Å²) in [6.45, 7) is 2.03. The van der Waals surface area contributed by atoms with Crippen molar-refractivity contribution in [2.75, 3.05) is 12.3 Å². The number of para-hydroxylation sites is 1. The second-order valence-corrected chi connectivity index (χ2v) is 4.12. The Morgan fingerprint density at radius 3 is 2.61 bits per heavy atom. The molecule has 4 N–H and O–H groups in total. The third kappa shape index (κ3) is 3.76. The highest BCUT2D eigenvalue weighted by molar-refractivity contribution is 5.99. The number of rotatable bonds is 6. The van der Waals surface area contributed by atoms with Crippen molar-refractivity contribution in [3.63, 3.8) is 0 Å². The van der Waals surface area contributed by atoms with Crippen LogP contribution in [0.2, 0.25) is 0 Å². The summed E-state index contributed by atoms with van der Waals surface area (Å²) in [6, 6.07) is 6.70. The number of carboxylic acid groups (broad SMARTS) is 1. The summed E-state index contributed by atoms with van der Waals surface area (Å²) in [6.07, 6.45) is 1.31. The smallest absolute Gasteiger partial charge is 0.308 e. The third-order valence-electron chi connectivity index (χ3n) is 2.70. The standard InChI is InChI=1S/C13H18N2O3/c1-2-5-9(13(17)18)8-15-12(16)10-6-3-4-7-11(10)14/h3-4,6-7,9H,2,5,8,14H2,1H3,(H,15,16)(H,17,18). The van der Waals surface area contributed by atoms with E-state index in [1.165, 1.54) is 0 Å². The zero-order chi connectivity index (χ0) is 13.5. The summed E-state index contributed by atoms with van der Waals surface area (Å²) in [5.41, 5.74) is 6.43. The summed E-state index contributed by atoms with van der Waals surface area (Å²) < 4.78 is 0. The number of aliphatic carboxylic acids is 1. The van der Waals surface area contributed by atoms with Gasteiger partial charge in [-0.15, -0.1) is 0 Å². The van der Waals surface area contributed by atoms with E-state index in [-0.39, 0.29) is 12.5 Å². The monoisotopic (exact) mass is 250 g/mol. The molecule has 0 heterocycles. The van der Waals surface area contributed by atoms with E-state index in [4.69, 9.17) is 10.8 Å². The zero-order valence-corrected chi connectivity index (χ0v) is 10.3. The van der Waals surface area contributed by atoms with E-state index in [2.05, 4.69) is 5.32 Å². The maximum absolute atomic E-state index is 11.8. The predicted molar refractivity (Wildman–Crippen MR) is 69.2 cm³/mol. The van der Waals surface area contributed by atoms with Crippen LogP contribution in [0, 0.1) is 5.92 Å². The lowest BCUT2D eigenvalue weighted by atomic mass is 10.0. The highest BCUT2D eigenvalue weighted by Crippen LogP contribution is 2.11. The summed E-state index contributed by atoms with van der Waals surface area (Å²) in [7, 11) is 0. The minimum absolute atomic E-state index is 0.121. The Hall–Kier alpha value is -2.04. The number of benzene rings is 1. The van der Waals surface area contributed by atoms with E-state index in [0.29, 0.717) is 17.7 Å². The minimum atomic E-state index is -0.891. The number of nitrogens with two attached hydrogens (primary N) is 1. The molecule has 1 unspecified atom stereocenters. The number of hydrogen-bond donors (Lipinski definition) is 3. The number of carbonyl (C=O) groups is 2. The van der Waals surface area contributed by atoms with E-state index in [0.717, 1.165) is 6.42 Å². The first kappa shape index (κ1) is 14.0. The van der Waals surface area contributed by atoms with E-state index in [1.54, 1.807) is 24.3 Å². The molecule has 98 valence electrons. The molecule has 0 spiro atoms. The third-order valence-corrected chi connectivity index (χ3v) is 2.70. The SMILES string of the molecule is CCCC(CNC(=O)c1ccccc1N)C(=O)O. The molecular formula is C13H18N2O3. The largest absolute Gasteiger partial charge is 0.481 e. The molecule has 1 aromatic rings. The van der Waals surface area contributed by atoms with E-state index in [9.17, 15) is 9.59 Å². The van der Waals surface area contributed by atoms with Crippen molar-refractivity contribution >= 4 is 17.6 Å². The van der Waals surface area contributed by atoms with Crippen molar-refractivity contribution in [3.05, 3.63) is 29.8 Å². The second-order valence-electron chi connectivity index (χ2n) is 4.12. The van der Waals surface area contributed by atoms with Crippen LogP contribution in [0.15, 0.2) is 24.3 Å². The van der Waals surface area contributed by atoms with Crippen LogP contribution in [0.5, 0.6) is 0 Å². The van der Waals surface area contributed by atoms with Gasteiger partial charge in [0.05, 0.1) is 11.5 Å². The number of hydrogen-bond acceptors (Lipinski definition) is 3. The number of nitrogens with one attached hydrogen (secondary N) is 1. The summed E-state index contributed by atoms with van der Waals surface area (Å²) in [5.74, 6) is -1.78. The first-order valence-corrected chi connectivity index (χ1v) is 5.91. The fraction of sp³-hybridized carbons (Fsp3) is 0.385. The Labute approximate surface area is 106 Å². The van der Waals surface area contributed by atoms with Crippen molar-refractivity contribution in [2.24, 2.45) is 5.92 Å². The first-order valence-electron chi connectivity index (χ1n) is 5.91. The van der Waals surface area contributed by atoms with E-state index in [1.807, 2.05) is 6.92 Å². The van der Waals surface area contributed by atoms with Gasteiger partial charge in [0.2, 0.25) is 0 Å². The molecule has 0 aromatic heterocycles. The van der Waals surface area contributed by atoms with Crippen LogP contribution in [0.4, 0.5) is 5.69 Å². The molecule has 1 aromatic carbocycles. The Bertz CT molecular complexity index is 432. The molecule has 0 aliphatic rings. The maximum Gasteiger partial charge on any atom is 0.308 e. The molecule has 1 rings (SSSR count). The molecule has 18 heavy (non-hydrogen) atoms. The van der Waals surface area contributed by atoms with Gasteiger partial charge < -0.3 is 16.2 Å². The lowest BCUT2D eigenvalue weighted by molar-refractivity contribution is -0.141. The van der Waals surface area contributed by atoms with Crippen LogP contribution in [-0.4, -0.2) is 23.5 Å². The van der Waals surface area contributed by atoms with Crippen LogP contribution in [-0.2, 0) is 4.79 Å². The Balaban J connectivity index is 2.60. The van der Waals surface area contributed by atoms with Crippen LogP contribution in [0.25, 0.3) is 0 Å². The molecule has 1 amide bonds. The first-order chi connectivity index (χ1) is 8.56. The topological polar surface area (TPSA) is 92.4 Å². The van der Waals surface area contributed by atoms with Gasteiger partial charge in [-0.05, 0) is 18.6 Å². The molecule has 5 nitrogen and oxygen atoms in total. The van der Waals surface area contributed by atoms with Gasteiger partial charge in [-0.3, -0.25) is 9.59 Å². The number of carboxylic acids is 1. The minimum Gasteiger partial charge on any atom is -0.481 e. The molecule has 0 aliphatic carbocycles. The fourth-order valence-electron chi connectivity index (χ4n) is 1.68. The van der Waals surface area contributed by atoms with Gasteiger partial charge in [0.15, 0.2) is 0 Å². The molecule has 0 bridgehead atoms. The molecule has 0 fully saturated rings. The van der Waals surface area contributed by atoms with Crippen molar-refractivity contribution < 1.29 is 14.7 Å². The van der Waals surface area contributed by atoms with Crippen molar-refractivity contribution in [1.82, 2.24) is 5.32 Å². The highest BCUT2D eigenvalue weighted by atomic mass is 16.4. The van der Waals surface area contributed by atoms with E-state index < -0.39 is 11.9 Å². The lowest BCUT2D eigenvalue weighted by Crippen LogP contribution is -2.33. The van der Waals surface area contributed by atoms with Crippen LogP contribution in [0.1, 0.15) is 30.1 Å². The van der Waals surface area contributed by atoms with E-state index >= 15 is 0 Å². The number of carbonyl (C=O) groups excluding carboxylic acids is 1. The molecule has 0 aliphatic heterocycles. The van der Waals surface area contributed by atoms with Crippen LogP contribution >= 0.6 is 0 Å². The number of anilines is 1. The average Bonchev–Trinajstić information content (AvgIpc) is 2.34. The van der Waals surface area contributed by atoms with Crippen LogP contribution < -0.4 is 11.1 Å². The Kier molecular flexibility index (Phi) is 5.17. The number of amides is 1. The van der Waals surface area contributed by atoms with Gasteiger partial charge in [0.1, 0.15) is 0 Å². The number of nitrogen functional groups attached to an aromatic ring is 1. The normalized spacial score (nSPS) is 11.8. The quantitative estimate of drug-likeness (QED) is 0.667. The van der Waals surface area contributed by atoms with Gasteiger partial charge in [0.25, 0.3) is 5.91 Å². The van der Waals surface area contributed by atoms with Gasteiger partial charge in [-0.2, -0.15) is 0 Å². The second kappa shape index (κ2) is 6.64. The Morgan fingerprint density at radius 2 is 2.06 bits per heavy atom. The molecule has 0 saturated carbocycles. The van der Waals surface area contributed by atoms with Gasteiger partial charge in [-0.1, -0.05) is 25.5 Å². The summed E-state index contributed by atoms with van der Waals surface area (Å²) in [4.78, 5) is 22.7. The highest BCUT2D eigenvalue weighted by Gasteiger charge is 2.18. The average molecular weight is 250 g/mol. The van der Waals surface area contributed by atoms with Crippen molar-refractivity contribution in [1.29, 1.82) is 0 Å². The van der Waals surface area contributed by atoms with Gasteiger partial charge in [-0.25, -0.2) is 0 Å². The Morgan fingerprint density at radius 1 is 1.39 bits per heavy atom. The molecule has 0 radical (unpaired) electrons. The van der Waals surface area contributed by atoms with Gasteiger partial charge >= 0.3 is 5.97 Å². The van der Waals surface area contributed by atoms with Crippen LogP contribution in [0.3, 0.4) is 0 Å². The fourth-order valence-corrected chi connectivity index (χ4v) is 1.68. The van der Waals surface area contributed by atoms with Crippen molar-refractivity contribution in [3.8, 4) is 0 Å². The molecule has 5 heteroatoms. The maximum atomic E-state index is 11.8. The molecule has 1 atom stereocenters. The molecule has 0 saturated heterocycles. The van der Waals surface area contributed by atoms with Gasteiger partial charge in [0, 0.05) is 12.2 Å².